The van der Waals surface area contributed by atoms with Crippen LogP contribution in [0.3, 0.4) is 0 Å². The van der Waals surface area contributed by atoms with E-state index in [0.29, 0.717) is 6.04 Å². The molecule has 1 unspecified atom stereocenters. The third kappa shape index (κ3) is 2.94. The molecule has 2 heterocycles. The Morgan fingerprint density at radius 1 is 1.18 bits per heavy atom. The monoisotopic (exact) mass is 298 g/mol. The first-order valence-electron chi connectivity index (χ1n) is 8.23. The van der Waals surface area contributed by atoms with Gasteiger partial charge in [0.2, 0.25) is 0 Å². The lowest BCUT2D eigenvalue weighted by Gasteiger charge is -2.35. The molecule has 118 valence electrons. The number of anilines is 1. The molecule has 1 saturated heterocycles. The third-order valence-corrected chi connectivity index (χ3v) is 4.67. The predicted octanol–water partition coefficient (Wildman–Crippen LogP) is 2.66. The van der Waals surface area contributed by atoms with Gasteiger partial charge in [-0.3, -0.25) is 0 Å². The first kappa shape index (κ1) is 15.3. The molecule has 2 aromatic rings. The third-order valence-electron chi connectivity index (χ3n) is 4.67. The van der Waals surface area contributed by atoms with E-state index in [2.05, 4.69) is 59.4 Å². The van der Waals surface area contributed by atoms with Crippen LogP contribution in [0.4, 0.5) is 5.82 Å². The van der Waals surface area contributed by atoms with Gasteiger partial charge >= 0.3 is 0 Å². The van der Waals surface area contributed by atoms with E-state index < -0.39 is 0 Å². The summed E-state index contributed by atoms with van der Waals surface area (Å²) in [5, 5.41) is 4.67. The summed E-state index contributed by atoms with van der Waals surface area (Å²) in [5.74, 6) is 1.16. The molecule has 0 aliphatic carbocycles. The van der Waals surface area contributed by atoms with Crippen molar-refractivity contribution in [3.05, 3.63) is 35.9 Å². The fraction of sp³-hybridized carbons (Fsp3) is 0.500. The Labute approximate surface area is 133 Å². The summed E-state index contributed by atoms with van der Waals surface area (Å²) in [6.07, 6.45) is 1.07. The fourth-order valence-electron chi connectivity index (χ4n) is 3.23. The van der Waals surface area contributed by atoms with Crippen LogP contribution in [0.15, 0.2) is 30.3 Å². The lowest BCUT2D eigenvalue weighted by molar-refractivity contribution is 0.311. The van der Waals surface area contributed by atoms with E-state index in [4.69, 9.17) is 4.98 Å². The van der Waals surface area contributed by atoms with Crippen molar-refractivity contribution < 1.29 is 0 Å². The number of benzene rings is 1. The van der Waals surface area contributed by atoms with Crippen molar-refractivity contribution in [1.82, 2.24) is 15.2 Å². The number of piperazine rings is 1. The Morgan fingerprint density at radius 2 is 1.91 bits per heavy atom. The van der Waals surface area contributed by atoms with Gasteiger partial charge in [0.1, 0.15) is 5.82 Å². The zero-order valence-electron chi connectivity index (χ0n) is 13.8. The first-order chi connectivity index (χ1) is 10.7. The molecule has 0 bridgehead atoms. The highest BCUT2D eigenvalue weighted by molar-refractivity contribution is 5.82. The van der Waals surface area contributed by atoms with Crippen molar-refractivity contribution in [1.29, 1.82) is 0 Å². The molecular formula is C18H26N4. The number of nitrogens with one attached hydrogen (secondary N) is 1. The molecule has 0 radical (unpaired) electrons. The van der Waals surface area contributed by atoms with E-state index in [1.807, 2.05) is 7.05 Å². The second-order valence-corrected chi connectivity index (χ2v) is 6.13. The van der Waals surface area contributed by atoms with Crippen LogP contribution in [0.1, 0.15) is 24.9 Å². The van der Waals surface area contributed by atoms with Gasteiger partial charge in [0, 0.05) is 43.2 Å². The minimum absolute atomic E-state index is 0.353. The van der Waals surface area contributed by atoms with Crippen molar-refractivity contribution in [2.24, 2.45) is 0 Å². The Morgan fingerprint density at radius 3 is 2.59 bits per heavy atom. The summed E-state index contributed by atoms with van der Waals surface area (Å²) in [6, 6.07) is 11.1. The second kappa shape index (κ2) is 6.63. The molecule has 1 atom stereocenters. The summed E-state index contributed by atoms with van der Waals surface area (Å²) in [5.41, 5.74) is 2.42. The molecule has 1 N–H and O–H groups in total. The average Bonchev–Trinajstić information content (AvgIpc) is 2.56. The van der Waals surface area contributed by atoms with Gasteiger partial charge in [0.25, 0.3) is 0 Å². The number of fused-ring (bicyclic) bond motifs is 1. The van der Waals surface area contributed by atoms with Crippen molar-refractivity contribution in [2.75, 3.05) is 45.2 Å². The van der Waals surface area contributed by atoms with E-state index in [9.17, 15) is 0 Å². The molecule has 1 aliphatic rings. The van der Waals surface area contributed by atoms with Gasteiger partial charge in [-0.15, -0.1) is 0 Å². The van der Waals surface area contributed by atoms with Crippen LogP contribution in [0.25, 0.3) is 10.9 Å². The maximum absolute atomic E-state index is 5.01. The van der Waals surface area contributed by atoms with Crippen molar-refractivity contribution in [3.63, 3.8) is 0 Å². The standard InChI is InChI=1S/C18H26N4/c1-4-16(19-2)15-13-14-7-5-6-8-17(14)20-18(15)22-11-9-21(3)10-12-22/h5-8,13,16,19H,4,9-12H2,1-3H3. The van der Waals surface area contributed by atoms with Gasteiger partial charge in [-0.1, -0.05) is 25.1 Å². The number of hydrogen-bond donors (Lipinski definition) is 1. The van der Waals surface area contributed by atoms with Gasteiger partial charge in [-0.2, -0.15) is 0 Å². The maximum Gasteiger partial charge on any atom is 0.134 e. The Kier molecular flexibility index (Phi) is 4.60. The van der Waals surface area contributed by atoms with E-state index in [-0.39, 0.29) is 0 Å². The molecule has 0 spiro atoms. The molecule has 3 rings (SSSR count). The number of aromatic nitrogens is 1. The molecule has 1 aromatic carbocycles. The van der Waals surface area contributed by atoms with Crippen LogP contribution in [-0.4, -0.2) is 50.2 Å². The number of hydrogen-bond acceptors (Lipinski definition) is 4. The molecule has 4 nitrogen and oxygen atoms in total. The van der Waals surface area contributed by atoms with Crippen LogP contribution in [0, 0.1) is 0 Å². The fourth-order valence-corrected chi connectivity index (χ4v) is 3.23. The number of pyridine rings is 1. The molecule has 1 fully saturated rings. The first-order valence-corrected chi connectivity index (χ1v) is 8.23. The molecule has 22 heavy (non-hydrogen) atoms. The summed E-state index contributed by atoms with van der Waals surface area (Å²) >= 11 is 0. The second-order valence-electron chi connectivity index (χ2n) is 6.13. The number of nitrogens with zero attached hydrogens (tertiary/aromatic N) is 3. The van der Waals surface area contributed by atoms with Gasteiger partial charge in [-0.05, 0) is 32.6 Å². The topological polar surface area (TPSA) is 31.4 Å². The Balaban J connectivity index is 2.06. The quantitative estimate of drug-likeness (QED) is 0.940. The SMILES string of the molecule is CCC(NC)c1cc2ccccc2nc1N1CCN(C)CC1. The van der Waals surface area contributed by atoms with Gasteiger partial charge in [0.05, 0.1) is 5.52 Å². The maximum atomic E-state index is 5.01. The minimum atomic E-state index is 0.353. The summed E-state index contributed by atoms with van der Waals surface area (Å²) in [7, 11) is 4.23. The van der Waals surface area contributed by atoms with Crippen molar-refractivity contribution in [3.8, 4) is 0 Å². The van der Waals surface area contributed by atoms with Gasteiger partial charge < -0.3 is 15.1 Å². The van der Waals surface area contributed by atoms with Crippen LogP contribution < -0.4 is 10.2 Å². The molecule has 4 heteroatoms. The Bertz CT molecular complexity index is 628. The normalized spacial score (nSPS) is 17.9. The zero-order chi connectivity index (χ0) is 15.5. The molecule has 1 aliphatic heterocycles. The number of para-hydroxylation sites is 1. The molecular weight excluding hydrogens is 272 g/mol. The summed E-state index contributed by atoms with van der Waals surface area (Å²) in [4.78, 5) is 9.84. The lowest BCUT2D eigenvalue weighted by Crippen LogP contribution is -2.45. The molecule has 1 aromatic heterocycles. The van der Waals surface area contributed by atoms with E-state index in [0.717, 1.165) is 43.9 Å². The highest BCUT2D eigenvalue weighted by Crippen LogP contribution is 2.30. The molecule has 0 saturated carbocycles. The highest BCUT2D eigenvalue weighted by Gasteiger charge is 2.22. The van der Waals surface area contributed by atoms with Crippen LogP contribution in [0.5, 0.6) is 0 Å². The van der Waals surface area contributed by atoms with E-state index in [1.54, 1.807) is 0 Å². The lowest BCUT2D eigenvalue weighted by atomic mass is 10.0. The predicted molar refractivity (Wildman–Crippen MR) is 93.5 cm³/mol. The number of rotatable bonds is 4. The van der Waals surface area contributed by atoms with Crippen molar-refractivity contribution in [2.45, 2.75) is 19.4 Å². The van der Waals surface area contributed by atoms with E-state index in [1.165, 1.54) is 10.9 Å². The summed E-state index contributed by atoms with van der Waals surface area (Å²) < 4.78 is 0. The van der Waals surface area contributed by atoms with Gasteiger partial charge in [0.15, 0.2) is 0 Å². The van der Waals surface area contributed by atoms with Crippen LogP contribution >= 0.6 is 0 Å². The average molecular weight is 298 g/mol. The smallest absolute Gasteiger partial charge is 0.134 e. The van der Waals surface area contributed by atoms with E-state index >= 15 is 0 Å². The largest absolute Gasteiger partial charge is 0.354 e. The Hall–Kier alpha value is -1.65. The number of likely N-dealkylation sites (N-methyl/N-ethyl adjacent to an activating group) is 1. The zero-order valence-corrected chi connectivity index (χ0v) is 13.8. The minimum Gasteiger partial charge on any atom is -0.354 e. The van der Waals surface area contributed by atoms with Gasteiger partial charge in [-0.25, -0.2) is 4.98 Å². The van der Waals surface area contributed by atoms with Crippen molar-refractivity contribution >= 4 is 16.7 Å². The molecule has 0 amide bonds. The summed E-state index contributed by atoms with van der Waals surface area (Å²) in [6.45, 7) is 6.53. The van der Waals surface area contributed by atoms with Crippen LogP contribution in [0.2, 0.25) is 0 Å². The van der Waals surface area contributed by atoms with Crippen LogP contribution in [-0.2, 0) is 0 Å². The highest BCUT2D eigenvalue weighted by atomic mass is 15.3.